The molecule has 0 unspecified atom stereocenters. The molecule has 1 saturated heterocycles. The van der Waals surface area contributed by atoms with Crippen molar-refractivity contribution in [3.8, 4) is 5.75 Å². The molecule has 0 atom stereocenters. The Morgan fingerprint density at radius 2 is 1.95 bits per heavy atom. The molecule has 4 heteroatoms. The summed E-state index contributed by atoms with van der Waals surface area (Å²) in [4.78, 5) is 12.8. The first kappa shape index (κ1) is 14.0. The van der Waals surface area contributed by atoms with Gasteiger partial charge in [-0.3, -0.25) is 4.79 Å². The summed E-state index contributed by atoms with van der Waals surface area (Å²) < 4.78 is 10.6. The Balaban J connectivity index is 2.43. The van der Waals surface area contributed by atoms with Gasteiger partial charge in [-0.05, 0) is 43.9 Å². The molecule has 1 aromatic carbocycles. The maximum Gasteiger partial charge on any atom is 0.186 e. The fourth-order valence-corrected chi connectivity index (χ4v) is 2.59. The largest absolute Gasteiger partial charge is 0.496 e. The second kappa shape index (κ2) is 5.31. The van der Waals surface area contributed by atoms with E-state index in [1.54, 1.807) is 7.11 Å². The molecule has 2 N–H and O–H groups in total. The van der Waals surface area contributed by atoms with Crippen LogP contribution in [0.5, 0.6) is 5.75 Å². The molecule has 1 heterocycles. The van der Waals surface area contributed by atoms with E-state index in [0.29, 0.717) is 37.4 Å². The highest BCUT2D eigenvalue weighted by molar-refractivity contribution is 6.06. The minimum atomic E-state index is -0.828. The average Bonchev–Trinajstić information content (AvgIpc) is 2.38. The van der Waals surface area contributed by atoms with Crippen LogP contribution in [0.4, 0.5) is 0 Å². The molecule has 0 amide bonds. The van der Waals surface area contributed by atoms with Gasteiger partial charge in [0.1, 0.15) is 5.75 Å². The third-order valence-electron chi connectivity index (χ3n) is 3.73. The van der Waals surface area contributed by atoms with Crippen LogP contribution in [0.25, 0.3) is 0 Å². The van der Waals surface area contributed by atoms with E-state index in [0.717, 1.165) is 11.1 Å². The molecule has 0 bridgehead atoms. The number of carbonyl (C=O) groups excluding carboxylic acids is 1. The van der Waals surface area contributed by atoms with E-state index in [2.05, 4.69) is 0 Å². The molecule has 1 fully saturated rings. The van der Waals surface area contributed by atoms with Gasteiger partial charge in [-0.25, -0.2) is 0 Å². The monoisotopic (exact) mass is 263 g/mol. The predicted molar refractivity (Wildman–Crippen MR) is 73.8 cm³/mol. The number of hydrogen-bond donors (Lipinski definition) is 1. The molecule has 1 aromatic rings. The maximum atomic E-state index is 12.8. The summed E-state index contributed by atoms with van der Waals surface area (Å²) in [5.41, 5.74) is 8.05. The SMILES string of the molecule is COc1cc(C)cc(C)c1C(=O)C1(N)CCOCC1. The van der Waals surface area contributed by atoms with Crippen LogP contribution in [0.3, 0.4) is 0 Å². The van der Waals surface area contributed by atoms with Crippen LogP contribution < -0.4 is 10.5 Å². The highest BCUT2D eigenvalue weighted by atomic mass is 16.5. The van der Waals surface area contributed by atoms with E-state index in [1.165, 1.54) is 0 Å². The number of rotatable bonds is 3. The van der Waals surface area contributed by atoms with Crippen molar-refractivity contribution in [2.75, 3.05) is 20.3 Å². The van der Waals surface area contributed by atoms with Crippen LogP contribution in [-0.2, 0) is 4.74 Å². The van der Waals surface area contributed by atoms with Crippen LogP contribution in [-0.4, -0.2) is 31.6 Å². The maximum absolute atomic E-state index is 12.8. The summed E-state index contributed by atoms with van der Waals surface area (Å²) >= 11 is 0. The Kier molecular flexibility index (Phi) is 3.92. The lowest BCUT2D eigenvalue weighted by molar-refractivity contribution is 0.0445. The van der Waals surface area contributed by atoms with E-state index >= 15 is 0 Å². The topological polar surface area (TPSA) is 61.5 Å². The summed E-state index contributed by atoms with van der Waals surface area (Å²) in [5.74, 6) is 0.573. The summed E-state index contributed by atoms with van der Waals surface area (Å²) in [5, 5.41) is 0. The van der Waals surface area contributed by atoms with Gasteiger partial charge >= 0.3 is 0 Å². The van der Waals surface area contributed by atoms with Crippen LogP contribution in [0.1, 0.15) is 34.3 Å². The van der Waals surface area contributed by atoms with Gasteiger partial charge < -0.3 is 15.2 Å². The molecule has 0 spiro atoms. The van der Waals surface area contributed by atoms with Crippen LogP contribution in [0.2, 0.25) is 0 Å². The third-order valence-corrected chi connectivity index (χ3v) is 3.73. The molecule has 0 aromatic heterocycles. The van der Waals surface area contributed by atoms with Crippen molar-refractivity contribution in [3.63, 3.8) is 0 Å². The predicted octanol–water partition coefficient (Wildman–Crippen LogP) is 2.00. The lowest BCUT2D eigenvalue weighted by atomic mass is 9.81. The van der Waals surface area contributed by atoms with Crippen molar-refractivity contribution in [1.29, 1.82) is 0 Å². The molecular weight excluding hydrogens is 242 g/mol. The Bertz CT molecular complexity index is 490. The lowest BCUT2D eigenvalue weighted by Gasteiger charge is -2.32. The molecule has 0 aliphatic carbocycles. The lowest BCUT2D eigenvalue weighted by Crippen LogP contribution is -2.52. The van der Waals surface area contributed by atoms with E-state index < -0.39 is 5.54 Å². The first-order valence-corrected chi connectivity index (χ1v) is 6.54. The first-order chi connectivity index (χ1) is 8.98. The molecular formula is C15H21NO3. The van der Waals surface area contributed by atoms with Crippen molar-refractivity contribution in [1.82, 2.24) is 0 Å². The summed E-state index contributed by atoms with van der Waals surface area (Å²) in [7, 11) is 1.58. The number of aryl methyl sites for hydroxylation is 2. The van der Waals surface area contributed by atoms with E-state index in [9.17, 15) is 4.79 Å². The van der Waals surface area contributed by atoms with Crippen molar-refractivity contribution in [2.45, 2.75) is 32.2 Å². The summed E-state index contributed by atoms with van der Waals surface area (Å²) in [6.07, 6.45) is 1.12. The van der Waals surface area contributed by atoms with Crippen LogP contribution >= 0.6 is 0 Å². The van der Waals surface area contributed by atoms with Gasteiger partial charge in [0.25, 0.3) is 0 Å². The standard InChI is InChI=1S/C15H21NO3/c1-10-8-11(2)13(12(9-10)18-3)14(17)15(16)4-6-19-7-5-15/h8-9H,4-7,16H2,1-3H3. The average molecular weight is 263 g/mol. The van der Waals surface area contributed by atoms with Gasteiger partial charge in [-0.15, -0.1) is 0 Å². The number of benzene rings is 1. The number of ketones is 1. The molecule has 4 nitrogen and oxygen atoms in total. The van der Waals surface area contributed by atoms with Crippen LogP contribution in [0, 0.1) is 13.8 Å². The number of ether oxygens (including phenoxy) is 2. The van der Waals surface area contributed by atoms with Gasteiger partial charge in [-0.2, -0.15) is 0 Å². The fraction of sp³-hybridized carbons (Fsp3) is 0.533. The van der Waals surface area contributed by atoms with Crippen molar-refractivity contribution in [3.05, 3.63) is 28.8 Å². The van der Waals surface area contributed by atoms with Crippen molar-refractivity contribution < 1.29 is 14.3 Å². The number of nitrogens with two attached hydrogens (primary N) is 1. The minimum Gasteiger partial charge on any atom is -0.496 e. The Labute approximate surface area is 113 Å². The van der Waals surface area contributed by atoms with Gasteiger partial charge in [0.15, 0.2) is 5.78 Å². The van der Waals surface area contributed by atoms with Gasteiger partial charge in [0, 0.05) is 13.2 Å². The number of methoxy groups -OCH3 is 1. The Hall–Kier alpha value is -1.39. The quantitative estimate of drug-likeness (QED) is 0.847. The van der Waals surface area contributed by atoms with Gasteiger partial charge in [-0.1, -0.05) is 6.07 Å². The highest BCUT2D eigenvalue weighted by Gasteiger charge is 2.38. The molecule has 1 aliphatic heterocycles. The van der Waals surface area contributed by atoms with Gasteiger partial charge in [0.2, 0.25) is 0 Å². The van der Waals surface area contributed by atoms with Gasteiger partial charge in [0.05, 0.1) is 18.2 Å². The van der Waals surface area contributed by atoms with E-state index in [-0.39, 0.29) is 5.78 Å². The second-order valence-electron chi connectivity index (χ2n) is 5.26. The molecule has 1 aliphatic rings. The van der Waals surface area contributed by atoms with E-state index in [4.69, 9.17) is 15.2 Å². The van der Waals surface area contributed by atoms with Crippen molar-refractivity contribution in [2.24, 2.45) is 5.73 Å². The third kappa shape index (κ3) is 2.65. The number of hydrogen-bond acceptors (Lipinski definition) is 4. The molecule has 104 valence electrons. The molecule has 0 radical (unpaired) electrons. The zero-order valence-corrected chi connectivity index (χ0v) is 11.8. The zero-order valence-electron chi connectivity index (χ0n) is 11.8. The minimum absolute atomic E-state index is 0.0369. The Morgan fingerprint density at radius 1 is 1.32 bits per heavy atom. The fourth-order valence-electron chi connectivity index (χ4n) is 2.59. The Morgan fingerprint density at radius 3 is 2.53 bits per heavy atom. The number of carbonyl (C=O) groups is 1. The zero-order chi connectivity index (χ0) is 14.0. The van der Waals surface area contributed by atoms with E-state index in [1.807, 2.05) is 26.0 Å². The molecule has 19 heavy (non-hydrogen) atoms. The first-order valence-electron chi connectivity index (χ1n) is 6.54. The summed E-state index contributed by atoms with van der Waals surface area (Å²) in [6.45, 7) is 4.98. The smallest absolute Gasteiger partial charge is 0.186 e. The van der Waals surface area contributed by atoms with Crippen LogP contribution in [0.15, 0.2) is 12.1 Å². The number of Topliss-reactive ketones (excluding diaryl/α,β-unsaturated/α-hetero) is 1. The summed E-state index contributed by atoms with van der Waals surface area (Å²) in [6, 6.07) is 3.86. The molecule has 0 saturated carbocycles. The highest BCUT2D eigenvalue weighted by Crippen LogP contribution is 2.31. The van der Waals surface area contributed by atoms with Crippen molar-refractivity contribution >= 4 is 5.78 Å². The molecule has 2 rings (SSSR count). The second-order valence-corrected chi connectivity index (χ2v) is 5.26. The normalized spacial score (nSPS) is 18.1.